The third-order valence-corrected chi connectivity index (χ3v) is 5.47. The number of para-hydroxylation sites is 1. The highest BCUT2D eigenvalue weighted by molar-refractivity contribution is 5.89. The Morgan fingerprint density at radius 1 is 1.33 bits per heavy atom. The fourth-order valence-electron chi connectivity index (χ4n) is 4.04. The lowest BCUT2D eigenvalue weighted by Gasteiger charge is -2.26. The minimum absolute atomic E-state index is 0.0432. The van der Waals surface area contributed by atoms with E-state index in [-0.39, 0.29) is 18.4 Å². The molecule has 0 spiro atoms. The predicted molar refractivity (Wildman–Crippen MR) is 100 cm³/mol. The van der Waals surface area contributed by atoms with Crippen LogP contribution in [0.3, 0.4) is 0 Å². The Morgan fingerprint density at radius 2 is 2.11 bits per heavy atom. The summed E-state index contributed by atoms with van der Waals surface area (Å²) in [5.41, 5.74) is 3.69. The minimum Gasteiger partial charge on any atom is -0.481 e. The summed E-state index contributed by atoms with van der Waals surface area (Å²) in [6.45, 7) is 4.62. The molecule has 1 aliphatic heterocycles. The SMILES string of the molecule is CC(C)C(O)c1cn(C2CCc3c(CC(=O)O)c4ccccc4n3C2)nn1. The number of nitrogens with zero attached hydrogens (tertiary/aromatic N) is 4. The molecule has 7 nitrogen and oxygen atoms in total. The first-order chi connectivity index (χ1) is 13.0. The topological polar surface area (TPSA) is 93.2 Å². The van der Waals surface area contributed by atoms with Crippen LogP contribution in [0.25, 0.3) is 10.9 Å². The van der Waals surface area contributed by atoms with Crippen LogP contribution in [0, 0.1) is 5.92 Å². The second-order valence-corrected chi connectivity index (χ2v) is 7.63. The average molecular weight is 368 g/mol. The maximum atomic E-state index is 11.3. The number of fused-ring (bicyclic) bond motifs is 3. The van der Waals surface area contributed by atoms with E-state index >= 15 is 0 Å². The molecule has 0 amide bonds. The van der Waals surface area contributed by atoms with Gasteiger partial charge in [-0.15, -0.1) is 5.10 Å². The fourth-order valence-corrected chi connectivity index (χ4v) is 4.04. The van der Waals surface area contributed by atoms with Crippen molar-refractivity contribution in [1.29, 1.82) is 0 Å². The summed E-state index contributed by atoms with van der Waals surface area (Å²) in [5.74, 6) is -0.722. The molecule has 27 heavy (non-hydrogen) atoms. The van der Waals surface area contributed by atoms with Crippen LogP contribution in [0.2, 0.25) is 0 Å². The maximum Gasteiger partial charge on any atom is 0.307 e. The largest absolute Gasteiger partial charge is 0.481 e. The highest BCUT2D eigenvalue weighted by atomic mass is 16.4. The number of carboxylic acid groups (broad SMARTS) is 1. The first-order valence-electron chi connectivity index (χ1n) is 9.36. The van der Waals surface area contributed by atoms with Crippen molar-refractivity contribution in [2.75, 3.05) is 0 Å². The molecular weight excluding hydrogens is 344 g/mol. The molecular formula is C20H24N4O3. The molecule has 4 rings (SSSR count). The van der Waals surface area contributed by atoms with E-state index in [4.69, 9.17) is 0 Å². The molecule has 1 aliphatic rings. The number of aromatic nitrogens is 4. The number of aliphatic hydroxyl groups is 1. The third kappa shape index (κ3) is 3.12. The van der Waals surface area contributed by atoms with Crippen molar-refractivity contribution in [2.24, 2.45) is 5.92 Å². The number of hydrogen-bond donors (Lipinski definition) is 2. The average Bonchev–Trinajstić information content (AvgIpc) is 3.25. The van der Waals surface area contributed by atoms with Crippen LogP contribution < -0.4 is 0 Å². The minimum atomic E-state index is -0.806. The van der Waals surface area contributed by atoms with E-state index in [1.807, 2.05) is 49.0 Å². The monoisotopic (exact) mass is 368 g/mol. The van der Waals surface area contributed by atoms with Gasteiger partial charge in [0, 0.05) is 23.1 Å². The van der Waals surface area contributed by atoms with Gasteiger partial charge in [0.1, 0.15) is 11.8 Å². The molecule has 0 fully saturated rings. The zero-order valence-corrected chi connectivity index (χ0v) is 15.5. The maximum absolute atomic E-state index is 11.3. The lowest BCUT2D eigenvalue weighted by Crippen LogP contribution is -2.24. The highest BCUT2D eigenvalue weighted by Gasteiger charge is 2.27. The molecule has 0 radical (unpaired) electrons. The Kier molecular flexibility index (Phi) is 4.47. The predicted octanol–water partition coefficient (Wildman–Crippen LogP) is 2.74. The summed E-state index contributed by atoms with van der Waals surface area (Å²) in [6.07, 6.45) is 2.92. The molecule has 2 atom stereocenters. The van der Waals surface area contributed by atoms with E-state index in [1.165, 1.54) is 0 Å². The molecule has 2 unspecified atom stereocenters. The van der Waals surface area contributed by atoms with E-state index in [0.29, 0.717) is 5.69 Å². The number of hydrogen-bond acceptors (Lipinski definition) is 4. The molecule has 0 saturated carbocycles. The van der Waals surface area contributed by atoms with Crippen LogP contribution in [0.4, 0.5) is 0 Å². The molecule has 142 valence electrons. The Bertz CT molecular complexity index is 988. The van der Waals surface area contributed by atoms with Gasteiger partial charge in [-0.1, -0.05) is 37.3 Å². The van der Waals surface area contributed by atoms with Gasteiger partial charge in [-0.05, 0) is 30.4 Å². The van der Waals surface area contributed by atoms with Gasteiger partial charge < -0.3 is 14.8 Å². The second-order valence-electron chi connectivity index (χ2n) is 7.63. The Morgan fingerprint density at radius 3 is 2.85 bits per heavy atom. The van der Waals surface area contributed by atoms with E-state index < -0.39 is 12.1 Å². The summed E-state index contributed by atoms with van der Waals surface area (Å²) in [4.78, 5) is 11.3. The zero-order valence-electron chi connectivity index (χ0n) is 15.5. The number of carboxylic acids is 1. The van der Waals surface area contributed by atoms with E-state index in [9.17, 15) is 15.0 Å². The normalized spacial score (nSPS) is 18.0. The third-order valence-electron chi connectivity index (χ3n) is 5.47. The van der Waals surface area contributed by atoms with Gasteiger partial charge in [0.15, 0.2) is 0 Å². The van der Waals surface area contributed by atoms with Crippen LogP contribution in [0.15, 0.2) is 30.5 Å². The van der Waals surface area contributed by atoms with Crippen LogP contribution >= 0.6 is 0 Å². The van der Waals surface area contributed by atoms with E-state index in [1.54, 1.807) is 0 Å². The standard InChI is InChI=1S/C20H24N4O3/c1-12(2)20(27)16-11-24(22-21-16)13-7-8-18-15(9-19(25)26)14-5-3-4-6-17(14)23(18)10-13/h3-6,11-13,20,27H,7-10H2,1-2H3,(H,25,26). The number of aliphatic carboxylic acids is 1. The molecule has 2 aromatic heterocycles. The number of rotatable bonds is 5. The van der Waals surface area contributed by atoms with Gasteiger partial charge in [0.05, 0.1) is 18.7 Å². The van der Waals surface area contributed by atoms with E-state index in [0.717, 1.165) is 41.5 Å². The molecule has 0 bridgehead atoms. The lowest BCUT2D eigenvalue weighted by molar-refractivity contribution is -0.136. The van der Waals surface area contributed by atoms with Crippen LogP contribution in [-0.2, 0) is 24.2 Å². The summed E-state index contributed by atoms with van der Waals surface area (Å²) in [6, 6.07) is 8.11. The van der Waals surface area contributed by atoms with Crippen LogP contribution in [0.5, 0.6) is 0 Å². The Labute approximate surface area is 157 Å². The highest BCUT2D eigenvalue weighted by Crippen LogP contribution is 2.34. The quantitative estimate of drug-likeness (QED) is 0.722. The summed E-state index contributed by atoms with van der Waals surface area (Å²) in [5, 5.41) is 29.0. The van der Waals surface area contributed by atoms with Crippen molar-refractivity contribution in [1.82, 2.24) is 19.6 Å². The first kappa shape index (κ1) is 17.7. The zero-order chi connectivity index (χ0) is 19.1. The molecule has 3 heterocycles. The van der Waals surface area contributed by atoms with Crippen molar-refractivity contribution >= 4 is 16.9 Å². The molecule has 1 aromatic carbocycles. The van der Waals surface area contributed by atoms with Crippen LogP contribution in [-0.4, -0.2) is 35.7 Å². The van der Waals surface area contributed by atoms with Crippen LogP contribution in [0.1, 0.15) is 49.4 Å². The van der Waals surface area contributed by atoms with Gasteiger partial charge in [0.2, 0.25) is 0 Å². The lowest BCUT2D eigenvalue weighted by atomic mass is 10.00. The second kappa shape index (κ2) is 6.81. The number of carbonyl (C=O) groups is 1. The van der Waals surface area contributed by atoms with Crippen molar-refractivity contribution in [3.05, 3.63) is 47.4 Å². The molecule has 0 saturated heterocycles. The molecule has 2 N–H and O–H groups in total. The van der Waals surface area contributed by atoms with Gasteiger partial charge in [-0.25, -0.2) is 4.68 Å². The van der Waals surface area contributed by atoms with Gasteiger partial charge in [-0.3, -0.25) is 4.79 Å². The smallest absolute Gasteiger partial charge is 0.307 e. The number of aliphatic hydroxyl groups excluding tert-OH is 1. The summed E-state index contributed by atoms with van der Waals surface area (Å²) in [7, 11) is 0. The van der Waals surface area contributed by atoms with Gasteiger partial charge >= 0.3 is 5.97 Å². The first-order valence-corrected chi connectivity index (χ1v) is 9.36. The molecule has 3 aromatic rings. The van der Waals surface area contributed by atoms with E-state index in [2.05, 4.69) is 14.9 Å². The van der Waals surface area contributed by atoms with Crippen molar-refractivity contribution in [2.45, 2.75) is 51.8 Å². The van der Waals surface area contributed by atoms with Crippen molar-refractivity contribution in [3.8, 4) is 0 Å². The summed E-state index contributed by atoms with van der Waals surface area (Å²) >= 11 is 0. The molecule has 7 heteroatoms. The molecule has 0 aliphatic carbocycles. The van der Waals surface area contributed by atoms with Crippen molar-refractivity contribution in [3.63, 3.8) is 0 Å². The van der Waals surface area contributed by atoms with Gasteiger partial charge in [-0.2, -0.15) is 0 Å². The van der Waals surface area contributed by atoms with Crippen molar-refractivity contribution < 1.29 is 15.0 Å². The number of benzene rings is 1. The fraction of sp³-hybridized carbons (Fsp3) is 0.450. The van der Waals surface area contributed by atoms with Gasteiger partial charge in [0.25, 0.3) is 0 Å². The Balaban J connectivity index is 1.68. The summed E-state index contributed by atoms with van der Waals surface area (Å²) < 4.78 is 4.07. The Hall–Kier alpha value is -2.67.